The number of benzene rings is 2. The first-order chi connectivity index (χ1) is 14.6. The van der Waals surface area contributed by atoms with Gasteiger partial charge < -0.3 is 0 Å². The Hall–Kier alpha value is -2.77. The highest BCUT2D eigenvalue weighted by Gasteiger charge is 2.21. The van der Waals surface area contributed by atoms with E-state index in [1.807, 2.05) is 36.4 Å². The van der Waals surface area contributed by atoms with Crippen LogP contribution in [0.3, 0.4) is 0 Å². The number of anilines is 1. The molecule has 2 aromatic carbocycles. The molecule has 0 aliphatic rings. The quantitative estimate of drug-likeness (QED) is 0.347. The van der Waals surface area contributed by atoms with Gasteiger partial charge in [0.2, 0.25) is 5.91 Å². The molecule has 4 rings (SSSR count). The summed E-state index contributed by atoms with van der Waals surface area (Å²) in [5, 5.41) is 0.565. The Morgan fingerprint density at radius 1 is 1.07 bits per heavy atom. The topological polar surface area (TPSA) is 46.1 Å². The molecule has 0 saturated heterocycles. The first kappa shape index (κ1) is 20.5. The Labute approximate surface area is 182 Å². The Morgan fingerprint density at radius 3 is 2.57 bits per heavy atom. The van der Waals surface area contributed by atoms with Gasteiger partial charge in [0.25, 0.3) is 0 Å². The Balaban J connectivity index is 1.62. The number of thiazole rings is 1. The number of pyridine rings is 1. The van der Waals surface area contributed by atoms with Gasteiger partial charge in [0.1, 0.15) is 5.82 Å². The maximum Gasteiger partial charge on any atom is 0.233 e. The lowest BCUT2D eigenvalue weighted by Gasteiger charge is -2.20. The number of halogens is 1. The zero-order chi connectivity index (χ0) is 20.9. The number of amides is 1. The third kappa shape index (κ3) is 4.86. The Kier molecular flexibility index (Phi) is 6.40. The summed E-state index contributed by atoms with van der Waals surface area (Å²) < 4.78 is 14.3. The summed E-state index contributed by atoms with van der Waals surface area (Å²) in [7, 11) is 0. The fourth-order valence-electron chi connectivity index (χ4n) is 3.08. The average Bonchev–Trinajstić information content (AvgIpc) is 3.17. The molecule has 7 heteroatoms. The van der Waals surface area contributed by atoms with E-state index in [4.69, 9.17) is 0 Å². The van der Waals surface area contributed by atoms with Gasteiger partial charge in [-0.2, -0.15) is 0 Å². The first-order valence-corrected chi connectivity index (χ1v) is 11.4. The van der Waals surface area contributed by atoms with Crippen LogP contribution in [-0.4, -0.2) is 21.6 Å². The second-order valence-corrected chi connectivity index (χ2v) is 9.04. The molecular weight excluding hydrogens is 417 g/mol. The summed E-state index contributed by atoms with van der Waals surface area (Å²) in [6, 6.07) is 16.3. The van der Waals surface area contributed by atoms with Gasteiger partial charge in [-0.15, -0.1) is 11.8 Å². The standard InChI is InChI=1S/C23H20FN3OS2/c1-2-29-19-6-3-16(4-7-19)13-22(28)27(15-17-9-11-25-12-10-17)23-26-20-8-5-18(24)14-21(20)30-23/h3-12,14H,2,13,15H2,1H3. The van der Waals surface area contributed by atoms with Gasteiger partial charge in [-0.1, -0.05) is 30.4 Å². The third-order valence-electron chi connectivity index (χ3n) is 4.55. The fourth-order valence-corrected chi connectivity index (χ4v) is 4.74. The van der Waals surface area contributed by atoms with Crippen LogP contribution < -0.4 is 4.90 Å². The number of hydrogen-bond donors (Lipinski definition) is 0. The van der Waals surface area contributed by atoms with Gasteiger partial charge in [0.05, 0.1) is 23.2 Å². The van der Waals surface area contributed by atoms with Crippen molar-refractivity contribution in [2.24, 2.45) is 0 Å². The van der Waals surface area contributed by atoms with Gasteiger partial charge in [-0.3, -0.25) is 14.7 Å². The van der Waals surface area contributed by atoms with Crippen molar-refractivity contribution in [1.29, 1.82) is 0 Å². The van der Waals surface area contributed by atoms with Gasteiger partial charge in [-0.25, -0.2) is 9.37 Å². The molecule has 4 nitrogen and oxygen atoms in total. The monoisotopic (exact) mass is 437 g/mol. The Morgan fingerprint density at radius 2 is 1.83 bits per heavy atom. The van der Waals surface area contributed by atoms with E-state index in [1.165, 1.54) is 28.4 Å². The highest BCUT2D eigenvalue weighted by molar-refractivity contribution is 7.99. The normalized spacial score (nSPS) is 11.0. The molecule has 0 aliphatic carbocycles. The van der Waals surface area contributed by atoms with E-state index >= 15 is 0 Å². The molecule has 0 unspecified atom stereocenters. The van der Waals surface area contributed by atoms with Gasteiger partial charge in [-0.05, 0) is 59.3 Å². The van der Waals surface area contributed by atoms with Crippen molar-refractivity contribution in [3.8, 4) is 0 Å². The molecule has 0 radical (unpaired) electrons. The largest absolute Gasteiger partial charge is 0.283 e. The summed E-state index contributed by atoms with van der Waals surface area (Å²) in [6.07, 6.45) is 3.68. The molecule has 1 amide bonds. The van der Waals surface area contributed by atoms with E-state index in [1.54, 1.807) is 35.1 Å². The Bertz CT molecular complexity index is 1150. The summed E-state index contributed by atoms with van der Waals surface area (Å²) >= 11 is 3.09. The van der Waals surface area contributed by atoms with Gasteiger partial charge >= 0.3 is 0 Å². The number of fused-ring (bicyclic) bond motifs is 1. The minimum atomic E-state index is -0.310. The molecule has 152 valence electrons. The predicted octanol–water partition coefficient (Wildman–Crippen LogP) is 5.72. The van der Waals surface area contributed by atoms with E-state index in [0.29, 0.717) is 17.2 Å². The van der Waals surface area contributed by atoms with Crippen molar-refractivity contribution < 1.29 is 9.18 Å². The van der Waals surface area contributed by atoms with Crippen LogP contribution in [0.1, 0.15) is 18.1 Å². The van der Waals surface area contributed by atoms with Crippen molar-refractivity contribution >= 4 is 44.4 Å². The number of hydrogen-bond acceptors (Lipinski definition) is 5. The summed E-state index contributed by atoms with van der Waals surface area (Å²) in [5.74, 6) is 0.646. The third-order valence-corrected chi connectivity index (χ3v) is 6.49. The second kappa shape index (κ2) is 9.36. The van der Waals surface area contributed by atoms with Crippen molar-refractivity contribution in [1.82, 2.24) is 9.97 Å². The first-order valence-electron chi connectivity index (χ1n) is 9.59. The van der Waals surface area contributed by atoms with Crippen LogP contribution >= 0.6 is 23.1 Å². The van der Waals surface area contributed by atoms with Crippen LogP contribution in [0.25, 0.3) is 10.2 Å². The van der Waals surface area contributed by atoms with E-state index in [9.17, 15) is 9.18 Å². The second-order valence-electron chi connectivity index (χ2n) is 6.70. The van der Waals surface area contributed by atoms with Crippen molar-refractivity contribution in [3.63, 3.8) is 0 Å². The zero-order valence-electron chi connectivity index (χ0n) is 16.4. The van der Waals surface area contributed by atoms with Crippen molar-refractivity contribution in [3.05, 3.63) is 83.9 Å². The summed E-state index contributed by atoms with van der Waals surface area (Å²) in [5.41, 5.74) is 2.59. The van der Waals surface area contributed by atoms with E-state index in [0.717, 1.165) is 21.6 Å². The van der Waals surface area contributed by atoms with Crippen molar-refractivity contribution in [2.75, 3.05) is 10.7 Å². The number of nitrogens with zero attached hydrogens (tertiary/aromatic N) is 3. The molecule has 0 N–H and O–H groups in total. The number of thioether (sulfide) groups is 1. The highest BCUT2D eigenvalue weighted by Crippen LogP contribution is 2.31. The maximum atomic E-state index is 13.6. The molecule has 30 heavy (non-hydrogen) atoms. The zero-order valence-corrected chi connectivity index (χ0v) is 18.0. The maximum absolute atomic E-state index is 13.6. The number of rotatable bonds is 7. The SMILES string of the molecule is CCSc1ccc(CC(=O)N(Cc2ccncc2)c2nc3ccc(F)cc3s2)cc1. The van der Waals surface area contributed by atoms with E-state index < -0.39 is 0 Å². The van der Waals surface area contributed by atoms with Crippen LogP contribution in [0, 0.1) is 5.82 Å². The molecule has 4 aromatic rings. The highest BCUT2D eigenvalue weighted by atomic mass is 32.2. The van der Waals surface area contributed by atoms with Crippen LogP contribution in [0.4, 0.5) is 9.52 Å². The molecular formula is C23H20FN3OS2. The lowest BCUT2D eigenvalue weighted by molar-refractivity contribution is -0.118. The lowest BCUT2D eigenvalue weighted by Crippen LogP contribution is -2.31. The summed E-state index contributed by atoms with van der Waals surface area (Å²) in [4.78, 5) is 24.8. The van der Waals surface area contributed by atoms with Crippen molar-refractivity contribution in [2.45, 2.75) is 24.8 Å². The van der Waals surface area contributed by atoms with E-state index in [-0.39, 0.29) is 18.1 Å². The minimum Gasteiger partial charge on any atom is -0.283 e. The van der Waals surface area contributed by atoms with Crippen LogP contribution in [0.5, 0.6) is 0 Å². The van der Waals surface area contributed by atoms with Gasteiger partial charge in [0, 0.05) is 17.3 Å². The number of aromatic nitrogens is 2. The molecule has 0 aliphatic heterocycles. The molecule has 0 bridgehead atoms. The number of carbonyl (C=O) groups excluding carboxylic acids is 1. The molecule has 0 atom stereocenters. The molecule has 0 spiro atoms. The molecule has 2 aromatic heterocycles. The fraction of sp³-hybridized carbons (Fsp3) is 0.174. The lowest BCUT2D eigenvalue weighted by atomic mass is 10.1. The summed E-state index contributed by atoms with van der Waals surface area (Å²) in [6.45, 7) is 2.50. The average molecular weight is 438 g/mol. The van der Waals surface area contributed by atoms with Gasteiger partial charge in [0.15, 0.2) is 5.13 Å². The smallest absolute Gasteiger partial charge is 0.233 e. The van der Waals surface area contributed by atoms with Crippen LogP contribution in [0.15, 0.2) is 71.9 Å². The number of carbonyl (C=O) groups is 1. The molecule has 0 fully saturated rings. The van der Waals surface area contributed by atoms with E-state index in [2.05, 4.69) is 16.9 Å². The van der Waals surface area contributed by atoms with Crippen LogP contribution in [0.2, 0.25) is 0 Å². The minimum absolute atomic E-state index is 0.0535. The van der Waals surface area contributed by atoms with Crippen LogP contribution in [-0.2, 0) is 17.8 Å². The molecule has 0 saturated carbocycles. The molecule has 2 heterocycles. The predicted molar refractivity (Wildman–Crippen MR) is 122 cm³/mol.